The number of benzene rings is 2. The Hall–Kier alpha value is -2.82. The molecule has 0 aliphatic carbocycles. The minimum absolute atomic E-state index is 0.119. The van der Waals surface area contributed by atoms with Crippen molar-refractivity contribution in [2.75, 3.05) is 18.9 Å². The predicted molar refractivity (Wildman–Crippen MR) is 91.4 cm³/mol. The summed E-state index contributed by atoms with van der Waals surface area (Å²) in [5, 5.41) is 5.55. The van der Waals surface area contributed by atoms with Gasteiger partial charge in [0, 0.05) is 31.4 Å². The quantitative estimate of drug-likeness (QED) is 0.891. The standard InChI is InChI=1S/C18H21N3O2/c1-3-19-17(22)15-9-11-16(12-10-15)20-18(23)21(2)13-14-7-5-4-6-8-14/h4-12H,3,13H2,1-2H3,(H,19,22)(H,20,23). The van der Waals surface area contributed by atoms with E-state index in [-0.39, 0.29) is 11.9 Å². The van der Waals surface area contributed by atoms with Gasteiger partial charge in [0.15, 0.2) is 0 Å². The maximum absolute atomic E-state index is 12.2. The predicted octanol–water partition coefficient (Wildman–Crippen LogP) is 3.10. The molecule has 2 N–H and O–H groups in total. The second kappa shape index (κ2) is 7.98. The van der Waals surface area contributed by atoms with E-state index >= 15 is 0 Å². The first-order chi connectivity index (χ1) is 11.1. The van der Waals surface area contributed by atoms with E-state index in [1.54, 1.807) is 36.2 Å². The maximum atomic E-state index is 12.2. The SMILES string of the molecule is CCNC(=O)c1ccc(NC(=O)N(C)Cc2ccccc2)cc1. The Bertz CT molecular complexity index is 654. The molecular weight excluding hydrogens is 290 g/mol. The van der Waals surface area contributed by atoms with E-state index in [1.165, 1.54) is 0 Å². The Labute approximate surface area is 136 Å². The number of hydrogen-bond acceptors (Lipinski definition) is 2. The Morgan fingerprint density at radius 3 is 2.26 bits per heavy atom. The summed E-state index contributed by atoms with van der Waals surface area (Å²) in [6.07, 6.45) is 0. The molecule has 0 heterocycles. The van der Waals surface area contributed by atoms with E-state index in [9.17, 15) is 9.59 Å². The van der Waals surface area contributed by atoms with E-state index in [0.717, 1.165) is 5.56 Å². The van der Waals surface area contributed by atoms with Crippen molar-refractivity contribution in [2.45, 2.75) is 13.5 Å². The van der Waals surface area contributed by atoms with Crippen molar-refractivity contribution >= 4 is 17.6 Å². The summed E-state index contributed by atoms with van der Waals surface area (Å²) in [5.74, 6) is -0.119. The molecule has 2 aromatic rings. The molecule has 2 aromatic carbocycles. The smallest absolute Gasteiger partial charge is 0.321 e. The summed E-state index contributed by atoms with van der Waals surface area (Å²) < 4.78 is 0. The second-order valence-corrected chi connectivity index (χ2v) is 5.21. The molecule has 5 nitrogen and oxygen atoms in total. The van der Waals surface area contributed by atoms with Crippen LogP contribution in [0.25, 0.3) is 0 Å². The third-order valence-corrected chi connectivity index (χ3v) is 3.34. The molecule has 0 radical (unpaired) electrons. The average molecular weight is 311 g/mol. The summed E-state index contributed by atoms with van der Waals surface area (Å²) in [5.41, 5.74) is 2.29. The number of rotatable bonds is 5. The third-order valence-electron chi connectivity index (χ3n) is 3.34. The summed E-state index contributed by atoms with van der Waals surface area (Å²) in [4.78, 5) is 25.5. The van der Waals surface area contributed by atoms with Crippen LogP contribution in [0.2, 0.25) is 0 Å². The Kier molecular flexibility index (Phi) is 5.74. The molecule has 23 heavy (non-hydrogen) atoms. The monoisotopic (exact) mass is 311 g/mol. The van der Waals surface area contributed by atoms with Gasteiger partial charge in [0.2, 0.25) is 0 Å². The molecule has 0 bridgehead atoms. The minimum atomic E-state index is -0.195. The molecule has 0 unspecified atom stereocenters. The zero-order valence-corrected chi connectivity index (χ0v) is 13.4. The van der Waals surface area contributed by atoms with Gasteiger partial charge in [-0.2, -0.15) is 0 Å². The van der Waals surface area contributed by atoms with E-state index in [1.807, 2.05) is 37.3 Å². The van der Waals surface area contributed by atoms with E-state index in [4.69, 9.17) is 0 Å². The Morgan fingerprint density at radius 1 is 1.00 bits per heavy atom. The highest BCUT2D eigenvalue weighted by Crippen LogP contribution is 2.11. The number of nitrogens with one attached hydrogen (secondary N) is 2. The third kappa shape index (κ3) is 4.85. The molecular formula is C18H21N3O2. The van der Waals surface area contributed by atoms with Gasteiger partial charge in [0.05, 0.1) is 0 Å². The Morgan fingerprint density at radius 2 is 1.65 bits per heavy atom. The van der Waals surface area contributed by atoms with Gasteiger partial charge in [-0.25, -0.2) is 4.79 Å². The normalized spacial score (nSPS) is 10.0. The fraction of sp³-hybridized carbons (Fsp3) is 0.222. The zero-order valence-electron chi connectivity index (χ0n) is 13.4. The molecule has 5 heteroatoms. The molecule has 120 valence electrons. The van der Waals surface area contributed by atoms with Crippen LogP contribution >= 0.6 is 0 Å². The topological polar surface area (TPSA) is 61.4 Å². The van der Waals surface area contributed by atoms with Crippen molar-refractivity contribution in [1.82, 2.24) is 10.2 Å². The highest BCUT2D eigenvalue weighted by Gasteiger charge is 2.10. The lowest BCUT2D eigenvalue weighted by atomic mass is 10.2. The van der Waals surface area contributed by atoms with Crippen LogP contribution in [0.5, 0.6) is 0 Å². The van der Waals surface area contributed by atoms with E-state index in [2.05, 4.69) is 10.6 Å². The number of nitrogens with zero attached hydrogens (tertiary/aromatic N) is 1. The van der Waals surface area contributed by atoms with E-state index in [0.29, 0.717) is 24.3 Å². The zero-order chi connectivity index (χ0) is 16.7. The number of carbonyl (C=O) groups is 2. The number of urea groups is 1. The lowest BCUT2D eigenvalue weighted by Crippen LogP contribution is -2.30. The van der Waals surface area contributed by atoms with E-state index < -0.39 is 0 Å². The number of anilines is 1. The highest BCUT2D eigenvalue weighted by atomic mass is 16.2. The van der Waals surface area contributed by atoms with Crippen molar-refractivity contribution < 1.29 is 9.59 Å². The van der Waals surface area contributed by atoms with Crippen LogP contribution in [0, 0.1) is 0 Å². The van der Waals surface area contributed by atoms with Crippen LogP contribution in [0.4, 0.5) is 10.5 Å². The van der Waals surface area contributed by atoms with Gasteiger partial charge >= 0.3 is 6.03 Å². The molecule has 0 saturated carbocycles. The Balaban J connectivity index is 1.93. The van der Waals surface area contributed by atoms with Crippen molar-refractivity contribution in [1.29, 1.82) is 0 Å². The van der Waals surface area contributed by atoms with Gasteiger partial charge in [0.1, 0.15) is 0 Å². The first-order valence-corrected chi connectivity index (χ1v) is 7.54. The fourth-order valence-corrected chi connectivity index (χ4v) is 2.12. The molecule has 0 atom stereocenters. The highest BCUT2D eigenvalue weighted by molar-refractivity contribution is 5.95. The lowest BCUT2D eigenvalue weighted by Gasteiger charge is -2.18. The van der Waals surface area contributed by atoms with Gasteiger partial charge in [-0.05, 0) is 36.8 Å². The van der Waals surface area contributed by atoms with Crippen LogP contribution in [-0.4, -0.2) is 30.4 Å². The first kappa shape index (κ1) is 16.5. The van der Waals surface area contributed by atoms with Crippen LogP contribution in [0.3, 0.4) is 0 Å². The molecule has 0 aromatic heterocycles. The fourth-order valence-electron chi connectivity index (χ4n) is 2.12. The summed E-state index contributed by atoms with van der Waals surface area (Å²) in [6, 6.07) is 16.4. The number of hydrogen-bond donors (Lipinski definition) is 2. The van der Waals surface area contributed by atoms with Crippen LogP contribution in [-0.2, 0) is 6.54 Å². The molecule has 0 spiro atoms. The van der Waals surface area contributed by atoms with Crippen molar-refractivity contribution in [3.63, 3.8) is 0 Å². The van der Waals surface area contributed by atoms with Gasteiger partial charge < -0.3 is 15.5 Å². The van der Waals surface area contributed by atoms with Crippen molar-refractivity contribution in [3.05, 3.63) is 65.7 Å². The maximum Gasteiger partial charge on any atom is 0.321 e. The van der Waals surface area contributed by atoms with Crippen LogP contribution in [0.15, 0.2) is 54.6 Å². The van der Waals surface area contributed by atoms with Gasteiger partial charge in [0.25, 0.3) is 5.91 Å². The molecule has 3 amide bonds. The van der Waals surface area contributed by atoms with Gasteiger partial charge in [-0.1, -0.05) is 30.3 Å². The molecule has 0 saturated heterocycles. The molecule has 0 aliphatic rings. The summed E-state index contributed by atoms with van der Waals surface area (Å²) in [7, 11) is 1.74. The number of carbonyl (C=O) groups excluding carboxylic acids is 2. The summed E-state index contributed by atoms with van der Waals surface area (Å²) in [6.45, 7) is 2.99. The van der Waals surface area contributed by atoms with Crippen LogP contribution < -0.4 is 10.6 Å². The lowest BCUT2D eigenvalue weighted by molar-refractivity contribution is 0.0956. The first-order valence-electron chi connectivity index (χ1n) is 7.54. The largest absolute Gasteiger partial charge is 0.352 e. The van der Waals surface area contributed by atoms with Crippen LogP contribution in [0.1, 0.15) is 22.8 Å². The minimum Gasteiger partial charge on any atom is -0.352 e. The molecule has 0 fully saturated rings. The average Bonchev–Trinajstić information content (AvgIpc) is 2.56. The number of amides is 3. The summed E-state index contributed by atoms with van der Waals surface area (Å²) >= 11 is 0. The van der Waals surface area contributed by atoms with Gasteiger partial charge in [-0.15, -0.1) is 0 Å². The second-order valence-electron chi connectivity index (χ2n) is 5.21. The molecule has 2 rings (SSSR count). The molecule has 0 aliphatic heterocycles. The van der Waals surface area contributed by atoms with Crippen molar-refractivity contribution in [2.24, 2.45) is 0 Å². The van der Waals surface area contributed by atoms with Gasteiger partial charge in [-0.3, -0.25) is 4.79 Å². The van der Waals surface area contributed by atoms with Crippen molar-refractivity contribution in [3.8, 4) is 0 Å².